The number of rotatable bonds is 5. The Morgan fingerprint density at radius 1 is 1.35 bits per heavy atom. The van der Waals surface area contributed by atoms with Crippen molar-refractivity contribution in [3.8, 4) is 0 Å². The van der Waals surface area contributed by atoms with Crippen LogP contribution in [0.25, 0.3) is 0 Å². The van der Waals surface area contributed by atoms with E-state index in [9.17, 15) is 4.79 Å². The van der Waals surface area contributed by atoms with Crippen molar-refractivity contribution < 1.29 is 14.3 Å². The van der Waals surface area contributed by atoms with Crippen molar-refractivity contribution in [2.75, 3.05) is 26.3 Å². The molecule has 5 heteroatoms. The molecule has 5 nitrogen and oxygen atoms in total. The molecule has 2 aliphatic rings. The number of nitrogens with one attached hydrogen (secondary N) is 1. The largest absolute Gasteiger partial charge is 0.444 e. The van der Waals surface area contributed by atoms with Gasteiger partial charge in [-0.15, -0.1) is 0 Å². The van der Waals surface area contributed by atoms with Gasteiger partial charge in [0.25, 0.3) is 0 Å². The molecule has 2 aliphatic heterocycles. The number of carbonyl (C=O) groups excluding carboxylic acids is 1. The lowest BCUT2D eigenvalue weighted by Crippen LogP contribution is -2.48. The van der Waals surface area contributed by atoms with Crippen LogP contribution in [0.4, 0.5) is 4.79 Å². The highest BCUT2D eigenvalue weighted by Gasteiger charge is 2.31. The monoisotopic (exact) mass is 326 g/mol. The zero-order chi connectivity index (χ0) is 16.9. The van der Waals surface area contributed by atoms with Crippen molar-refractivity contribution in [1.29, 1.82) is 0 Å². The van der Waals surface area contributed by atoms with Gasteiger partial charge in [0.2, 0.25) is 0 Å². The summed E-state index contributed by atoms with van der Waals surface area (Å²) in [6, 6.07) is 0.699. The van der Waals surface area contributed by atoms with E-state index in [1.165, 1.54) is 6.42 Å². The average Bonchev–Trinajstić information content (AvgIpc) is 2.97. The number of carbonyl (C=O) groups is 1. The molecule has 0 aromatic carbocycles. The van der Waals surface area contributed by atoms with E-state index in [-0.39, 0.29) is 6.09 Å². The number of likely N-dealkylation sites (tertiary alicyclic amines) is 1. The minimum Gasteiger partial charge on any atom is -0.444 e. The Kier molecular flexibility index (Phi) is 6.72. The van der Waals surface area contributed by atoms with E-state index in [1.54, 1.807) is 0 Å². The molecular weight excluding hydrogens is 292 g/mol. The van der Waals surface area contributed by atoms with Gasteiger partial charge in [0.1, 0.15) is 5.60 Å². The van der Waals surface area contributed by atoms with Crippen LogP contribution in [0.2, 0.25) is 0 Å². The zero-order valence-corrected chi connectivity index (χ0v) is 15.3. The third-order valence-corrected chi connectivity index (χ3v) is 4.66. The number of nitrogens with zero attached hydrogens (tertiary/aromatic N) is 1. The maximum absolute atomic E-state index is 12.4. The topological polar surface area (TPSA) is 50.8 Å². The van der Waals surface area contributed by atoms with Crippen LogP contribution in [0.15, 0.2) is 0 Å². The first-order valence-corrected chi connectivity index (χ1v) is 9.16. The summed E-state index contributed by atoms with van der Waals surface area (Å²) in [7, 11) is 0. The van der Waals surface area contributed by atoms with E-state index in [4.69, 9.17) is 9.47 Å². The van der Waals surface area contributed by atoms with E-state index in [0.717, 1.165) is 52.0 Å². The first-order chi connectivity index (χ1) is 10.8. The second-order valence-corrected chi connectivity index (χ2v) is 8.10. The maximum atomic E-state index is 12.4. The van der Waals surface area contributed by atoms with Gasteiger partial charge in [0.05, 0.1) is 6.61 Å². The highest BCUT2D eigenvalue weighted by Crippen LogP contribution is 2.23. The normalized spacial score (nSPS) is 27.0. The molecule has 0 aromatic rings. The molecule has 1 amide bonds. The van der Waals surface area contributed by atoms with Crippen LogP contribution in [-0.2, 0) is 9.47 Å². The summed E-state index contributed by atoms with van der Waals surface area (Å²) in [6.45, 7) is 11.6. The summed E-state index contributed by atoms with van der Waals surface area (Å²) in [5, 5.41) is 3.62. The fraction of sp³-hybridized carbons (Fsp3) is 0.944. The Morgan fingerprint density at radius 3 is 2.78 bits per heavy atom. The van der Waals surface area contributed by atoms with E-state index in [2.05, 4.69) is 12.2 Å². The molecule has 2 rings (SSSR count). The fourth-order valence-corrected chi connectivity index (χ4v) is 3.41. The Morgan fingerprint density at radius 2 is 2.13 bits per heavy atom. The number of hydrogen-bond donors (Lipinski definition) is 1. The molecule has 0 aliphatic carbocycles. The van der Waals surface area contributed by atoms with Gasteiger partial charge in [-0.25, -0.2) is 4.79 Å². The molecule has 2 saturated heterocycles. The zero-order valence-electron chi connectivity index (χ0n) is 15.3. The predicted octanol–water partition coefficient (Wildman–Crippen LogP) is 3.18. The van der Waals surface area contributed by atoms with Gasteiger partial charge in [-0.2, -0.15) is 0 Å². The predicted molar refractivity (Wildman–Crippen MR) is 91.6 cm³/mol. The lowest BCUT2D eigenvalue weighted by molar-refractivity contribution is 0.00787. The standard InChI is InChI=1S/C18H34N2O3/c1-14(19-12-15-8-10-22-13-15)11-16-7-5-6-9-20(16)17(21)23-18(2,3)4/h14-16,19H,5-13H2,1-4H3. The minimum absolute atomic E-state index is 0.154. The van der Waals surface area contributed by atoms with Crippen LogP contribution in [0, 0.1) is 5.92 Å². The Hall–Kier alpha value is -0.810. The summed E-state index contributed by atoms with van der Waals surface area (Å²) >= 11 is 0. The van der Waals surface area contributed by atoms with E-state index in [1.807, 2.05) is 25.7 Å². The highest BCUT2D eigenvalue weighted by atomic mass is 16.6. The smallest absolute Gasteiger partial charge is 0.410 e. The van der Waals surface area contributed by atoms with Crippen molar-refractivity contribution in [3.63, 3.8) is 0 Å². The fourth-order valence-electron chi connectivity index (χ4n) is 3.41. The third-order valence-electron chi connectivity index (χ3n) is 4.66. The van der Waals surface area contributed by atoms with E-state index in [0.29, 0.717) is 18.0 Å². The molecule has 2 heterocycles. The third kappa shape index (κ3) is 6.30. The number of piperidine rings is 1. The molecule has 0 bridgehead atoms. The Balaban J connectivity index is 1.81. The first kappa shape index (κ1) is 18.5. The second kappa shape index (κ2) is 8.34. The van der Waals surface area contributed by atoms with Crippen molar-refractivity contribution in [2.24, 2.45) is 5.92 Å². The molecule has 0 aromatic heterocycles. The molecule has 2 fully saturated rings. The van der Waals surface area contributed by atoms with Gasteiger partial charge in [-0.3, -0.25) is 0 Å². The quantitative estimate of drug-likeness (QED) is 0.843. The average molecular weight is 326 g/mol. The lowest BCUT2D eigenvalue weighted by Gasteiger charge is -2.38. The van der Waals surface area contributed by atoms with Gasteiger partial charge in [-0.05, 0) is 65.7 Å². The van der Waals surface area contributed by atoms with Crippen LogP contribution in [0.5, 0.6) is 0 Å². The molecule has 3 unspecified atom stereocenters. The second-order valence-electron chi connectivity index (χ2n) is 8.10. The van der Waals surface area contributed by atoms with Gasteiger partial charge >= 0.3 is 6.09 Å². The first-order valence-electron chi connectivity index (χ1n) is 9.16. The molecule has 0 saturated carbocycles. The molecular formula is C18H34N2O3. The molecule has 0 spiro atoms. The minimum atomic E-state index is -0.425. The van der Waals surface area contributed by atoms with E-state index >= 15 is 0 Å². The van der Waals surface area contributed by atoms with Crippen LogP contribution in [-0.4, -0.2) is 55.0 Å². The summed E-state index contributed by atoms with van der Waals surface area (Å²) in [4.78, 5) is 14.4. The van der Waals surface area contributed by atoms with Gasteiger partial charge in [0, 0.05) is 31.8 Å². The summed E-state index contributed by atoms with van der Waals surface area (Å²) in [5.41, 5.74) is -0.425. The van der Waals surface area contributed by atoms with Crippen LogP contribution in [0.3, 0.4) is 0 Å². The molecule has 3 atom stereocenters. The Labute approximate surface area is 141 Å². The number of hydrogen-bond acceptors (Lipinski definition) is 4. The van der Waals surface area contributed by atoms with Crippen molar-refractivity contribution in [3.05, 3.63) is 0 Å². The van der Waals surface area contributed by atoms with Crippen molar-refractivity contribution >= 4 is 6.09 Å². The molecule has 23 heavy (non-hydrogen) atoms. The molecule has 0 radical (unpaired) electrons. The van der Waals surface area contributed by atoms with Gasteiger partial charge in [0.15, 0.2) is 0 Å². The summed E-state index contributed by atoms with van der Waals surface area (Å²) in [5.74, 6) is 0.644. The van der Waals surface area contributed by atoms with Gasteiger partial charge < -0.3 is 19.7 Å². The maximum Gasteiger partial charge on any atom is 0.410 e. The SMILES string of the molecule is CC(CC1CCCCN1C(=O)OC(C)(C)C)NCC1CCOC1. The van der Waals surface area contributed by atoms with Crippen molar-refractivity contribution in [1.82, 2.24) is 10.2 Å². The summed E-state index contributed by atoms with van der Waals surface area (Å²) in [6.07, 6.45) is 5.36. The molecule has 134 valence electrons. The molecule has 1 N–H and O–H groups in total. The van der Waals surface area contributed by atoms with Gasteiger partial charge in [-0.1, -0.05) is 0 Å². The van der Waals surface area contributed by atoms with Crippen molar-refractivity contribution in [2.45, 2.75) is 77.5 Å². The van der Waals surface area contributed by atoms with E-state index < -0.39 is 5.60 Å². The number of ether oxygens (including phenoxy) is 2. The van der Waals surface area contributed by atoms with Crippen LogP contribution >= 0.6 is 0 Å². The Bertz CT molecular complexity index is 375. The van der Waals surface area contributed by atoms with Crippen LogP contribution in [0.1, 0.15) is 59.8 Å². The van der Waals surface area contributed by atoms with Crippen LogP contribution < -0.4 is 5.32 Å². The highest BCUT2D eigenvalue weighted by molar-refractivity contribution is 5.68. The lowest BCUT2D eigenvalue weighted by atomic mass is 9.96. The number of amides is 1. The summed E-state index contributed by atoms with van der Waals surface area (Å²) < 4.78 is 11.0.